The zero-order valence-corrected chi connectivity index (χ0v) is 17.5. The number of hydrogen-bond acceptors (Lipinski definition) is 2. The van der Waals surface area contributed by atoms with E-state index in [1.807, 2.05) is 80.6 Å². The molecule has 0 bridgehead atoms. The Balaban J connectivity index is 1.78. The van der Waals surface area contributed by atoms with Gasteiger partial charge < -0.3 is 10.6 Å². The fourth-order valence-corrected chi connectivity index (χ4v) is 3.37. The number of benzene rings is 3. The van der Waals surface area contributed by atoms with Crippen molar-refractivity contribution >= 4 is 17.5 Å². The van der Waals surface area contributed by atoms with Crippen LogP contribution in [0.15, 0.2) is 84.9 Å². The van der Waals surface area contributed by atoms with Gasteiger partial charge >= 0.3 is 0 Å². The van der Waals surface area contributed by atoms with E-state index in [1.54, 1.807) is 18.2 Å². The van der Waals surface area contributed by atoms with Crippen LogP contribution in [0.4, 0.5) is 5.69 Å². The van der Waals surface area contributed by atoms with Crippen LogP contribution < -0.4 is 10.6 Å². The summed E-state index contributed by atoms with van der Waals surface area (Å²) in [4.78, 5) is 25.5. The lowest BCUT2D eigenvalue weighted by Gasteiger charge is -2.18. The number of carbonyl (C=O) groups excluding carboxylic acids is 2. The molecule has 3 aromatic rings. The van der Waals surface area contributed by atoms with Crippen LogP contribution in [0.25, 0.3) is 0 Å². The Bertz CT molecular complexity index is 929. The Hall–Kier alpha value is -3.40. The van der Waals surface area contributed by atoms with Crippen LogP contribution in [0.5, 0.6) is 0 Å². The molecule has 0 radical (unpaired) electrons. The van der Waals surface area contributed by atoms with Gasteiger partial charge in [0.2, 0.25) is 5.91 Å². The minimum atomic E-state index is -0.178. The zero-order chi connectivity index (χ0) is 21.3. The number of amides is 2. The summed E-state index contributed by atoms with van der Waals surface area (Å²) in [6.45, 7) is 4.67. The van der Waals surface area contributed by atoms with E-state index in [-0.39, 0.29) is 24.2 Å². The Morgan fingerprint density at radius 2 is 1.30 bits per heavy atom. The highest BCUT2D eigenvalue weighted by molar-refractivity contribution is 6.03. The van der Waals surface area contributed by atoms with E-state index < -0.39 is 0 Å². The van der Waals surface area contributed by atoms with E-state index in [4.69, 9.17) is 0 Å². The van der Waals surface area contributed by atoms with Crippen LogP contribution in [0, 0.1) is 5.92 Å². The summed E-state index contributed by atoms with van der Waals surface area (Å²) in [5.74, 6) is -0.0124. The molecule has 4 heteroatoms. The Kier molecular flexibility index (Phi) is 7.39. The van der Waals surface area contributed by atoms with Gasteiger partial charge in [0.05, 0.1) is 11.3 Å². The molecule has 0 saturated heterocycles. The molecular weight excluding hydrogens is 372 g/mol. The number of anilines is 1. The van der Waals surface area contributed by atoms with E-state index in [2.05, 4.69) is 10.6 Å². The minimum absolute atomic E-state index is 0.0608. The second-order valence-electron chi connectivity index (χ2n) is 7.78. The van der Waals surface area contributed by atoms with Crippen LogP contribution in [0.1, 0.15) is 47.7 Å². The summed E-state index contributed by atoms with van der Waals surface area (Å²) in [6, 6.07) is 27.2. The monoisotopic (exact) mass is 400 g/mol. The van der Waals surface area contributed by atoms with Crippen LogP contribution in [-0.4, -0.2) is 18.4 Å². The molecule has 154 valence electrons. The van der Waals surface area contributed by atoms with Crippen LogP contribution >= 0.6 is 0 Å². The number of nitrogens with one attached hydrogen (secondary N) is 2. The third-order valence-electron chi connectivity index (χ3n) is 4.91. The van der Waals surface area contributed by atoms with E-state index >= 15 is 0 Å². The van der Waals surface area contributed by atoms with Crippen molar-refractivity contribution in [1.29, 1.82) is 0 Å². The fraction of sp³-hybridized carbons (Fsp3) is 0.231. The normalized spacial score (nSPS) is 10.8. The highest BCUT2D eigenvalue weighted by Gasteiger charge is 2.20. The summed E-state index contributed by atoms with van der Waals surface area (Å²) < 4.78 is 0. The lowest BCUT2D eigenvalue weighted by Crippen LogP contribution is -2.28. The van der Waals surface area contributed by atoms with Crippen molar-refractivity contribution in [2.24, 2.45) is 5.92 Å². The minimum Gasteiger partial charge on any atom is -0.352 e. The summed E-state index contributed by atoms with van der Waals surface area (Å²) in [5.41, 5.74) is 3.18. The van der Waals surface area contributed by atoms with Gasteiger partial charge in [-0.15, -0.1) is 0 Å². The van der Waals surface area contributed by atoms with Crippen molar-refractivity contribution in [1.82, 2.24) is 5.32 Å². The Morgan fingerprint density at radius 3 is 1.87 bits per heavy atom. The molecule has 0 aliphatic carbocycles. The number of para-hydroxylation sites is 1. The molecule has 0 unspecified atom stereocenters. The SMILES string of the molecule is CC(C)CNC(=O)c1ccccc1NC(=O)CC(c1ccccc1)c1ccccc1. The quantitative estimate of drug-likeness (QED) is 0.544. The first-order valence-electron chi connectivity index (χ1n) is 10.3. The highest BCUT2D eigenvalue weighted by atomic mass is 16.2. The van der Waals surface area contributed by atoms with Gasteiger partial charge in [-0.05, 0) is 29.2 Å². The lowest BCUT2D eigenvalue weighted by molar-refractivity contribution is -0.116. The van der Waals surface area contributed by atoms with Gasteiger partial charge in [0.25, 0.3) is 5.91 Å². The highest BCUT2D eigenvalue weighted by Crippen LogP contribution is 2.28. The Labute approximate surface area is 178 Å². The molecular formula is C26H28N2O2. The number of hydrogen-bond donors (Lipinski definition) is 2. The average molecular weight is 401 g/mol. The maximum absolute atomic E-state index is 13.0. The van der Waals surface area contributed by atoms with Crippen LogP contribution in [0.2, 0.25) is 0 Å². The van der Waals surface area contributed by atoms with Crippen molar-refractivity contribution in [3.8, 4) is 0 Å². The van der Waals surface area contributed by atoms with Gasteiger partial charge in [-0.2, -0.15) is 0 Å². The zero-order valence-electron chi connectivity index (χ0n) is 17.5. The predicted octanol–water partition coefficient (Wildman–Crippen LogP) is 5.23. The molecule has 30 heavy (non-hydrogen) atoms. The van der Waals surface area contributed by atoms with Crippen LogP contribution in [0.3, 0.4) is 0 Å². The Morgan fingerprint density at radius 1 is 0.767 bits per heavy atom. The smallest absolute Gasteiger partial charge is 0.253 e. The molecule has 3 aromatic carbocycles. The molecule has 0 fully saturated rings. The maximum Gasteiger partial charge on any atom is 0.253 e. The summed E-state index contributed by atoms with van der Waals surface area (Å²) in [5, 5.41) is 5.86. The van der Waals surface area contributed by atoms with E-state index in [0.29, 0.717) is 23.7 Å². The van der Waals surface area contributed by atoms with Crippen molar-refractivity contribution < 1.29 is 9.59 Å². The third kappa shape index (κ3) is 5.80. The molecule has 4 nitrogen and oxygen atoms in total. The maximum atomic E-state index is 13.0. The summed E-state index contributed by atoms with van der Waals surface area (Å²) in [6.07, 6.45) is 0.288. The largest absolute Gasteiger partial charge is 0.352 e. The summed E-state index contributed by atoms with van der Waals surface area (Å²) in [7, 11) is 0. The topological polar surface area (TPSA) is 58.2 Å². The lowest BCUT2D eigenvalue weighted by atomic mass is 9.88. The molecule has 0 aliphatic rings. The van der Waals surface area contributed by atoms with Crippen molar-refractivity contribution in [3.05, 3.63) is 102 Å². The molecule has 2 amide bonds. The molecule has 2 N–H and O–H groups in total. The molecule has 0 heterocycles. The van der Waals surface area contributed by atoms with Gasteiger partial charge in [-0.3, -0.25) is 9.59 Å². The van der Waals surface area contributed by atoms with E-state index in [1.165, 1.54) is 0 Å². The first-order chi connectivity index (χ1) is 14.5. The van der Waals surface area contributed by atoms with Crippen LogP contribution in [-0.2, 0) is 4.79 Å². The molecule has 3 rings (SSSR count). The van der Waals surface area contributed by atoms with Crippen molar-refractivity contribution in [2.45, 2.75) is 26.2 Å². The molecule has 0 aliphatic heterocycles. The first-order valence-corrected chi connectivity index (χ1v) is 10.3. The standard InChI is InChI=1S/C26H28N2O2/c1-19(2)18-27-26(30)22-15-9-10-16-24(22)28-25(29)17-23(20-11-5-3-6-12-20)21-13-7-4-8-14-21/h3-16,19,23H,17-18H2,1-2H3,(H,27,30)(H,28,29). The second kappa shape index (κ2) is 10.4. The summed E-state index contributed by atoms with van der Waals surface area (Å²) >= 11 is 0. The van der Waals surface area contributed by atoms with E-state index in [9.17, 15) is 9.59 Å². The van der Waals surface area contributed by atoms with Gasteiger partial charge in [0.15, 0.2) is 0 Å². The van der Waals surface area contributed by atoms with E-state index in [0.717, 1.165) is 11.1 Å². The van der Waals surface area contributed by atoms with Gasteiger partial charge in [0.1, 0.15) is 0 Å². The van der Waals surface area contributed by atoms with Gasteiger partial charge in [-0.25, -0.2) is 0 Å². The van der Waals surface area contributed by atoms with Gasteiger partial charge in [-0.1, -0.05) is 86.6 Å². The number of rotatable bonds is 8. The molecule has 0 aromatic heterocycles. The third-order valence-corrected chi connectivity index (χ3v) is 4.91. The van der Waals surface area contributed by atoms with Crippen molar-refractivity contribution in [3.63, 3.8) is 0 Å². The molecule has 0 atom stereocenters. The molecule has 0 saturated carbocycles. The first kappa shape index (κ1) is 21.3. The van der Waals surface area contributed by atoms with Crippen molar-refractivity contribution in [2.75, 3.05) is 11.9 Å². The predicted molar refractivity (Wildman–Crippen MR) is 122 cm³/mol. The second-order valence-corrected chi connectivity index (χ2v) is 7.78. The van der Waals surface area contributed by atoms with Gasteiger partial charge in [0, 0.05) is 18.9 Å². The molecule has 0 spiro atoms. The fourth-order valence-electron chi connectivity index (χ4n) is 3.37. The number of carbonyl (C=O) groups is 2. The average Bonchev–Trinajstić information content (AvgIpc) is 2.77.